The van der Waals surface area contributed by atoms with Crippen molar-refractivity contribution in [3.63, 3.8) is 0 Å². The van der Waals surface area contributed by atoms with Gasteiger partial charge in [-0.2, -0.15) is 5.26 Å². The van der Waals surface area contributed by atoms with Gasteiger partial charge in [0.05, 0.1) is 18.7 Å². The highest BCUT2D eigenvalue weighted by atomic mass is 16.5. The van der Waals surface area contributed by atoms with Gasteiger partial charge in [-0.15, -0.1) is 0 Å². The van der Waals surface area contributed by atoms with Crippen LogP contribution in [0.5, 0.6) is 5.75 Å². The number of benzene rings is 3. The van der Waals surface area contributed by atoms with Crippen LogP contribution >= 0.6 is 0 Å². The lowest BCUT2D eigenvalue weighted by Crippen LogP contribution is -2.40. The summed E-state index contributed by atoms with van der Waals surface area (Å²) in [6, 6.07) is 24.1. The monoisotopic (exact) mass is 424 g/mol. The SMILES string of the molecule is COc1ccc(C(=O)C2CCN(C(=O)c3ccccc3-c3ccccc3C#N)CC2)cc1. The zero-order valence-corrected chi connectivity index (χ0v) is 18.0. The molecule has 32 heavy (non-hydrogen) atoms. The van der Waals surface area contributed by atoms with Crippen LogP contribution in [-0.4, -0.2) is 36.8 Å². The average molecular weight is 425 g/mol. The lowest BCUT2D eigenvalue weighted by atomic mass is 9.88. The van der Waals surface area contributed by atoms with E-state index in [1.54, 1.807) is 43.5 Å². The van der Waals surface area contributed by atoms with Crippen molar-refractivity contribution in [2.75, 3.05) is 20.2 Å². The van der Waals surface area contributed by atoms with Crippen molar-refractivity contribution in [1.29, 1.82) is 5.26 Å². The Morgan fingerprint density at radius 3 is 2.19 bits per heavy atom. The number of nitriles is 1. The van der Waals surface area contributed by atoms with Gasteiger partial charge in [-0.1, -0.05) is 36.4 Å². The zero-order valence-electron chi connectivity index (χ0n) is 18.0. The van der Waals surface area contributed by atoms with E-state index in [1.165, 1.54) is 0 Å². The Bertz CT molecular complexity index is 1170. The van der Waals surface area contributed by atoms with E-state index in [-0.39, 0.29) is 17.6 Å². The summed E-state index contributed by atoms with van der Waals surface area (Å²) in [4.78, 5) is 28.0. The smallest absolute Gasteiger partial charge is 0.254 e. The molecule has 1 amide bonds. The van der Waals surface area contributed by atoms with Crippen molar-refractivity contribution in [3.05, 3.63) is 89.5 Å². The van der Waals surface area contributed by atoms with E-state index in [1.807, 2.05) is 41.3 Å². The van der Waals surface area contributed by atoms with E-state index in [0.29, 0.717) is 42.6 Å². The highest BCUT2D eigenvalue weighted by Gasteiger charge is 2.29. The molecule has 5 nitrogen and oxygen atoms in total. The molecule has 0 aliphatic carbocycles. The zero-order chi connectivity index (χ0) is 22.5. The van der Waals surface area contributed by atoms with Crippen LogP contribution in [0.4, 0.5) is 0 Å². The molecular weight excluding hydrogens is 400 g/mol. The Balaban J connectivity index is 1.49. The Hall–Kier alpha value is -3.91. The molecule has 3 aromatic rings. The van der Waals surface area contributed by atoms with Crippen LogP contribution in [0.1, 0.15) is 39.1 Å². The third kappa shape index (κ3) is 4.26. The molecule has 1 fully saturated rings. The molecule has 0 aromatic heterocycles. The molecule has 3 aromatic carbocycles. The van der Waals surface area contributed by atoms with Gasteiger partial charge in [0.15, 0.2) is 5.78 Å². The van der Waals surface area contributed by atoms with Crippen molar-refractivity contribution in [2.24, 2.45) is 5.92 Å². The maximum absolute atomic E-state index is 13.4. The number of nitrogens with zero attached hydrogens (tertiary/aromatic N) is 2. The average Bonchev–Trinajstić information content (AvgIpc) is 2.88. The standard InChI is InChI=1S/C27H24N2O3/c1-32-22-12-10-19(11-13-22)26(30)20-14-16-29(17-15-20)27(31)25-9-5-4-8-24(25)23-7-3-2-6-21(23)18-28/h2-13,20H,14-17H2,1H3. The van der Waals surface area contributed by atoms with E-state index in [2.05, 4.69) is 6.07 Å². The maximum atomic E-state index is 13.4. The number of carbonyl (C=O) groups excluding carboxylic acids is 2. The molecule has 0 N–H and O–H groups in total. The molecule has 1 saturated heterocycles. The van der Waals surface area contributed by atoms with Crippen LogP contribution in [0.25, 0.3) is 11.1 Å². The number of ketones is 1. The second kappa shape index (κ2) is 9.49. The van der Waals surface area contributed by atoms with Crippen LogP contribution in [0.2, 0.25) is 0 Å². The van der Waals surface area contributed by atoms with Crippen molar-refractivity contribution in [1.82, 2.24) is 4.90 Å². The summed E-state index contributed by atoms with van der Waals surface area (Å²) in [5, 5.41) is 9.48. The fourth-order valence-corrected chi connectivity index (χ4v) is 4.23. The number of Topliss-reactive ketones (excluding diaryl/α,β-unsaturated/α-hetero) is 1. The summed E-state index contributed by atoms with van der Waals surface area (Å²) in [6.07, 6.45) is 1.26. The van der Waals surface area contributed by atoms with Gasteiger partial charge in [0.2, 0.25) is 0 Å². The van der Waals surface area contributed by atoms with Crippen LogP contribution in [0.3, 0.4) is 0 Å². The van der Waals surface area contributed by atoms with E-state index in [0.717, 1.165) is 16.9 Å². The van der Waals surface area contributed by atoms with Gasteiger partial charge in [0.1, 0.15) is 5.75 Å². The van der Waals surface area contributed by atoms with Crippen molar-refractivity contribution >= 4 is 11.7 Å². The molecule has 0 unspecified atom stereocenters. The van der Waals surface area contributed by atoms with Gasteiger partial charge < -0.3 is 9.64 Å². The number of piperidine rings is 1. The first-order valence-electron chi connectivity index (χ1n) is 10.7. The van der Waals surface area contributed by atoms with Crippen molar-refractivity contribution < 1.29 is 14.3 Å². The molecule has 1 aliphatic rings. The number of methoxy groups -OCH3 is 1. The summed E-state index contributed by atoms with van der Waals surface area (Å²) in [5.74, 6) is 0.674. The fraction of sp³-hybridized carbons (Fsp3) is 0.222. The van der Waals surface area contributed by atoms with Gasteiger partial charge in [-0.3, -0.25) is 9.59 Å². The Kier molecular flexibility index (Phi) is 6.32. The number of hydrogen-bond acceptors (Lipinski definition) is 4. The first kappa shape index (κ1) is 21.3. The topological polar surface area (TPSA) is 70.4 Å². The largest absolute Gasteiger partial charge is 0.497 e. The predicted octanol–water partition coefficient (Wildman–Crippen LogP) is 4.97. The van der Waals surface area contributed by atoms with Crippen LogP contribution in [0, 0.1) is 17.2 Å². The minimum absolute atomic E-state index is 0.0660. The number of hydrogen-bond donors (Lipinski definition) is 0. The number of amides is 1. The molecule has 4 rings (SSSR count). The highest BCUT2D eigenvalue weighted by molar-refractivity contribution is 6.02. The van der Waals surface area contributed by atoms with Gasteiger partial charge >= 0.3 is 0 Å². The number of carbonyl (C=O) groups is 2. The molecule has 160 valence electrons. The molecule has 0 spiro atoms. The van der Waals surface area contributed by atoms with Crippen LogP contribution in [0.15, 0.2) is 72.8 Å². The highest BCUT2D eigenvalue weighted by Crippen LogP contribution is 2.29. The second-order valence-corrected chi connectivity index (χ2v) is 7.86. The molecule has 0 radical (unpaired) electrons. The van der Waals surface area contributed by atoms with E-state index < -0.39 is 0 Å². The van der Waals surface area contributed by atoms with Crippen LogP contribution < -0.4 is 4.74 Å². The summed E-state index contributed by atoms with van der Waals surface area (Å²) >= 11 is 0. The van der Waals surface area contributed by atoms with Gasteiger partial charge in [0, 0.05) is 35.7 Å². The third-order valence-electron chi connectivity index (χ3n) is 6.02. The number of rotatable bonds is 5. The molecule has 5 heteroatoms. The number of likely N-dealkylation sites (tertiary alicyclic amines) is 1. The van der Waals surface area contributed by atoms with E-state index in [9.17, 15) is 14.9 Å². The molecule has 0 saturated carbocycles. The van der Waals surface area contributed by atoms with E-state index >= 15 is 0 Å². The summed E-state index contributed by atoms with van der Waals surface area (Å²) < 4.78 is 5.16. The molecular formula is C27H24N2O3. The van der Waals surface area contributed by atoms with Crippen LogP contribution in [-0.2, 0) is 0 Å². The van der Waals surface area contributed by atoms with E-state index in [4.69, 9.17) is 4.74 Å². The molecule has 1 heterocycles. The normalized spacial score (nSPS) is 13.9. The Labute approximate surface area is 187 Å². The summed E-state index contributed by atoms with van der Waals surface area (Å²) in [7, 11) is 1.60. The van der Waals surface area contributed by atoms with Gasteiger partial charge in [0.25, 0.3) is 5.91 Å². The summed E-state index contributed by atoms with van der Waals surface area (Å²) in [5.41, 5.74) is 3.30. The first-order valence-corrected chi connectivity index (χ1v) is 10.7. The van der Waals surface area contributed by atoms with Gasteiger partial charge in [-0.05, 0) is 54.8 Å². The Morgan fingerprint density at radius 1 is 0.906 bits per heavy atom. The maximum Gasteiger partial charge on any atom is 0.254 e. The quantitative estimate of drug-likeness (QED) is 0.542. The number of ether oxygens (including phenoxy) is 1. The Morgan fingerprint density at radius 2 is 1.53 bits per heavy atom. The first-order chi connectivity index (χ1) is 15.6. The van der Waals surface area contributed by atoms with Crippen molar-refractivity contribution in [2.45, 2.75) is 12.8 Å². The minimum atomic E-state index is -0.0954. The summed E-state index contributed by atoms with van der Waals surface area (Å²) in [6.45, 7) is 1.05. The van der Waals surface area contributed by atoms with Crippen molar-refractivity contribution in [3.8, 4) is 22.9 Å². The molecule has 0 atom stereocenters. The minimum Gasteiger partial charge on any atom is -0.497 e. The lowest BCUT2D eigenvalue weighted by molar-refractivity contribution is 0.0651. The third-order valence-corrected chi connectivity index (χ3v) is 6.02. The predicted molar refractivity (Wildman–Crippen MR) is 123 cm³/mol. The molecule has 1 aliphatic heterocycles. The second-order valence-electron chi connectivity index (χ2n) is 7.86. The fourth-order valence-electron chi connectivity index (χ4n) is 4.23. The van der Waals surface area contributed by atoms with Gasteiger partial charge in [-0.25, -0.2) is 0 Å². The molecule has 0 bridgehead atoms. The lowest BCUT2D eigenvalue weighted by Gasteiger charge is -2.32.